The Morgan fingerprint density at radius 1 is 0.897 bits per heavy atom. The predicted molar refractivity (Wildman–Crippen MR) is 149 cm³/mol. The number of benzene rings is 3. The molecule has 0 bridgehead atoms. The summed E-state index contributed by atoms with van der Waals surface area (Å²) in [6.07, 6.45) is 6.90. The maximum Gasteiger partial charge on any atom is 0.312 e. The number of fused-ring (bicyclic) bond motifs is 2. The SMILES string of the molecule is COC(=O)C(C)(C)C(c1ccc2c(c1)OCO2)c1ccc2ccc(OCC(=O)NC3CCCCCC3)cc2c1. The Kier molecular flexibility index (Phi) is 7.96. The van der Waals surface area contributed by atoms with Crippen LogP contribution in [0.4, 0.5) is 0 Å². The molecule has 1 aliphatic carbocycles. The van der Waals surface area contributed by atoms with Gasteiger partial charge in [0.2, 0.25) is 6.79 Å². The predicted octanol–water partition coefficient (Wildman–Crippen LogP) is 6.12. The lowest BCUT2D eigenvalue weighted by atomic mass is 9.71. The Bertz CT molecular complexity index is 1340. The molecule has 1 N–H and O–H groups in total. The third-order valence-electron chi connectivity index (χ3n) is 7.92. The number of carbonyl (C=O) groups excluding carboxylic acids is 2. The van der Waals surface area contributed by atoms with Gasteiger partial charge in [0.15, 0.2) is 18.1 Å². The number of hydrogen-bond acceptors (Lipinski definition) is 6. The van der Waals surface area contributed by atoms with Gasteiger partial charge in [0.1, 0.15) is 5.75 Å². The summed E-state index contributed by atoms with van der Waals surface area (Å²) in [4.78, 5) is 25.5. The van der Waals surface area contributed by atoms with Gasteiger partial charge >= 0.3 is 5.97 Å². The normalized spacial score (nSPS) is 16.4. The van der Waals surface area contributed by atoms with E-state index in [1.165, 1.54) is 32.8 Å². The second kappa shape index (κ2) is 11.6. The molecule has 1 amide bonds. The van der Waals surface area contributed by atoms with Gasteiger partial charge in [-0.15, -0.1) is 0 Å². The van der Waals surface area contributed by atoms with Crippen LogP contribution in [0.2, 0.25) is 0 Å². The molecule has 0 spiro atoms. The molecule has 0 saturated heterocycles. The first kappa shape index (κ1) is 26.9. The van der Waals surface area contributed by atoms with Crippen molar-refractivity contribution in [1.82, 2.24) is 5.32 Å². The summed E-state index contributed by atoms with van der Waals surface area (Å²) in [5, 5.41) is 5.13. The maximum atomic E-state index is 12.9. The zero-order chi connectivity index (χ0) is 27.4. The Labute approximate surface area is 229 Å². The van der Waals surface area contributed by atoms with Gasteiger partial charge in [0.05, 0.1) is 12.5 Å². The fourth-order valence-electron chi connectivity index (χ4n) is 5.85. The van der Waals surface area contributed by atoms with E-state index in [1.807, 2.05) is 62.4 Å². The van der Waals surface area contributed by atoms with Crippen molar-refractivity contribution in [1.29, 1.82) is 0 Å². The minimum atomic E-state index is -0.861. The van der Waals surface area contributed by atoms with Crippen molar-refractivity contribution in [3.63, 3.8) is 0 Å². The third-order valence-corrected chi connectivity index (χ3v) is 7.92. The number of esters is 1. The molecule has 1 heterocycles. The summed E-state index contributed by atoms with van der Waals surface area (Å²) < 4.78 is 22.2. The second-order valence-electron chi connectivity index (χ2n) is 11.1. The van der Waals surface area contributed by atoms with E-state index in [0.29, 0.717) is 17.2 Å². The molecule has 7 heteroatoms. The number of ether oxygens (including phenoxy) is 4. The van der Waals surface area contributed by atoms with E-state index in [9.17, 15) is 9.59 Å². The summed E-state index contributed by atoms with van der Waals surface area (Å²) in [6.45, 7) is 3.95. The average Bonchev–Trinajstić information content (AvgIpc) is 3.26. The average molecular weight is 532 g/mol. The van der Waals surface area contributed by atoms with Crippen molar-refractivity contribution in [3.8, 4) is 17.2 Å². The molecule has 0 radical (unpaired) electrons. The van der Waals surface area contributed by atoms with E-state index in [1.54, 1.807) is 0 Å². The molecule has 5 rings (SSSR count). The molecule has 3 aromatic rings. The largest absolute Gasteiger partial charge is 0.484 e. The number of carbonyl (C=O) groups is 2. The monoisotopic (exact) mass is 531 g/mol. The zero-order valence-electron chi connectivity index (χ0n) is 23.0. The fourth-order valence-corrected chi connectivity index (χ4v) is 5.85. The van der Waals surface area contributed by atoms with Gasteiger partial charge in [-0.1, -0.05) is 56.0 Å². The van der Waals surface area contributed by atoms with Gasteiger partial charge in [-0.25, -0.2) is 0 Å². The minimum Gasteiger partial charge on any atom is -0.484 e. The first-order valence-electron chi connectivity index (χ1n) is 13.8. The molecule has 1 fully saturated rings. The van der Waals surface area contributed by atoms with Crippen LogP contribution in [0.1, 0.15) is 69.4 Å². The van der Waals surface area contributed by atoms with Crippen molar-refractivity contribution >= 4 is 22.6 Å². The zero-order valence-corrected chi connectivity index (χ0v) is 23.0. The minimum absolute atomic E-state index is 0.0170. The van der Waals surface area contributed by atoms with Gasteiger partial charge in [-0.3, -0.25) is 9.59 Å². The molecule has 39 heavy (non-hydrogen) atoms. The molecule has 0 aromatic heterocycles. The van der Waals surface area contributed by atoms with Crippen molar-refractivity contribution in [3.05, 3.63) is 65.7 Å². The summed E-state index contributed by atoms with van der Waals surface area (Å²) in [5.74, 6) is 1.29. The first-order valence-corrected chi connectivity index (χ1v) is 13.8. The Hall–Kier alpha value is -3.74. The van der Waals surface area contributed by atoms with Crippen LogP contribution in [-0.2, 0) is 14.3 Å². The van der Waals surface area contributed by atoms with Gasteiger partial charge < -0.3 is 24.3 Å². The quantitative estimate of drug-likeness (QED) is 0.279. The van der Waals surface area contributed by atoms with Crippen LogP contribution in [-0.4, -0.2) is 38.4 Å². The second-order valence-corrected chi connectivity index (χ2v) is 11.1. The summed E-state index contributed by atoms with van der Waals surface area (Å²) in [6, 6.07) is 18.0. The van der Waals surface area contributed by atoms with E-state index < -0.39 is 5.41 Å². The number of hydrogen-bond donors (Lipinski definition) is 1. The van der Waals surface area contributed by atoms with Crippen LogP contribution in [0.3, 0.4) is 0 Å². The van der Waals surface area contributed by atoms with Crippen LogP contribution in [0.5, 0.6) is 17.2 Å². The van der Waals surface area contributed by atoms with E-state index in [-0.39, 0.29) is 37.2 Å². The summed E-state index contributed by atoms with van der Waals surface area (Å²) >= 11 is 0. The molecule has 206 valence electrons. The van der Waals surface area contributed by atoms with Crippen molar-refractivity contribution in [2.45, 2.75) is 64.3 Å². The molecule has 1 aliphatic heterocycles. The van der Waals surface area contributed by atoms with Crippen LogP contribution in [0.15, 0.2) is 54.6 Å². The van der Waals surface area contributed by atoms with Gasteiger partial charge in [0.25, 0.3) is 5.91 Å². The molecule has 1 unspecified atom stereocenters. The summed E-state index contributed by atoms with van der Waals surface area (Å²) in [7, 11) is 1.41. The van der Waals surface area contributed by atoms with Gasteiger partial charge in [-0.2, -0.15) is 0 Å². The Balaban J connectivity index is 1.39. The van der Waals surface area contributed by atoms with Crippen LogP contribution in [0.25, 0.3) is 10.8 Å². The molecule has 1 atom stereocenters. The highest BCUT2D eigenvalue weighted by molar-refractivity contribution is 5.86. The number of rotatable bonds is 8. The number of methoxy groups -OCH3 is 1. The van der Waals surface area contributed by atoms with Crippen LogP contribution in [0, 0.1) is 5.41 Å². The molecule has 2 aliphatic rings. The summed E-state index contributed by atoms with van der Waals surface area (Å²) in [5.41, 5.74) is 1.02. The van der Waals surface area contributed by atoms with E-state index in [4.69, 9.17) is 18.9 Å². The Morgan fingerprint density at radius 2 is 1.59 bits per heavy atom. The Morgan fingerprint density at radius 3 is 2.36 bits per heavy atom. The van der Waals surface area contributed by atoms with Gasteiger partial charge in [-0.05, 0) is 72.9 Å². The highest BCUT2D eigenvalue weighted by atomic mass is 16.7. The lowest BCUT2D eigenvalue weighted by Crippen LogP contribution is -2.37. The molecule has 3 aromatic carbocycles. The smallest absolute Gasteiger partial charge is 0.312 e. The molecule has 7 nitrogen and oxygen atoms in total. The van der Waals surface area contributed by atoms with E-state index in [2.05, 4.69) is 11.4 Å². The van der Waals surface area contributed by atoms with Crippen molar-refractivity contribution in [2.24, 2.45) is 5.41 Å². The molecular formula is C32H37NO6. The third kappa shape index (κ3) is 5.97. The first-order chi connectivity index (χ1) is 18.8. The lowest BCUT2D eigenvalue weighted by molar-refractivity contribution is -0.151. The van der Waals surface area contributed by atoms with Crippen molar-refractivity contribution < 1.29 is 28.5 Å². The molecular weight excluding hydrogens is 494 g/mol. The van der Waals surface area contributed by atoms with Crippen LogP contribution >= 0.6 is 0 Å². The van der Waals surface area contributed by atoms with Crippen molar-refractivity contribution in [2.75, 3.05) is 20.5 Å². The number of amides is 1. The highest BCUT2D eigenvalue weighted by Crippen LogP contribution is 2.45. The fraction of sp³-hybridized carbons (Fsp3) is 0.438. The lowest BCUT2D eigenvalue weighted by Gasteiger charge is -2.33. The van der Waals surface area contributed by atoms with E-state index >= 15 is 0 Å². The van der Waals surface area contributed by atoms with E-state index in [0.717, 1.165) is 34.7 Å². The van der Waals surface area contributed by atoms with Gasteiger partial charge in [0, 0.05) is 12.0 Å². The van der Waals surface area contributed by atoms with Crippen LogP contribution < -0.4 is 19.5 Å². The number of nitrogens with one attached hydrogen (secondary N) is 1. The standard InChI is InChI=1S/C32H37NO6/c1-32(2,31(35)36-3)30(23-13-15-27-28(18-23)39-20-38-27)22-11-10-21-12-14-26(17-24(21)16-22)37-19-29(34)33-25-8-6-4-5-7-9-25/h10-18,25,30H,4-9,19-20H2,1-3H3,(H,33,34). The topological polar surface area (TPSA) is 83.1 Å². The molecule has 1 saturated carbocycles. The highest BCUT2D eigenvalue weighted by Gasteiger charge is 2.40. The maximum absolute atomic E-state index is 12.9.